The molecule has 0 fully saturated rings. The third-order valence-corrected chi connectivity index (χ3v) is 6.34. The van der Waals surface area contributed by atoms with E-state index in [1.165, 1.54) is 6.07 Å². The molecule has 1 amide bonds. The fourth-order valence-corrected chi connectivity index (χ4v) is 4.16. The Hall–Kier alpha value is -3.30. The zero-order valence-electron chi connectivity index (χ0n) is 17.6. The summed E-state index contributed by atoms with van der Waals surface area (Å²) in [5, 5.41) is 11.5. The summed E-state index contributed by atoms with van der Waals surface area (Å²) in [6.45, 7) is 3.55. The highest BCUT2D eigenvalue weighted by molar-refractivity contribution is 8.00. The molecule has 0 aliphatic rings. The Kier molecular flexibility index (Phi) is 6.71. The number of thioether (sulfide) groups is 1. The number of nitrogens with zero attached hydrogens (tertiary/aromatic N) is 4. The van der Waals surface area contributed by atoms with Gasteiger partial charge in [0.1, 0.15) is 11.6 Å². The predicted octanol–water partition coefficient (Wildman–Crippen LogP) is 5.69. The highest BCUT2D eigenvalue weighted by Gasteiger charge is 2.23. The van der Waals surface area contributed by atoms with E-state index in [0.29, 0.717) is 22.1 Å². The molecule has 2 aromatic carbocycles. The maximum Gasteiger partial charge on any atom is 0.237 e. The molecular formula is C23H18ClF2N5OS. The number of rotatable bonds is 6. The minimum Gasteiger partial charge on any atom is -0.323 e. The van der Waals surface area contributed by atoms with Crippen LogP contribution in [0.2, 0.25) is 5.02 Å². The summed E-state index contributed by atoms with van der Waals surface area (Å²) in [5.41, 5.74) is 2.27. The number of amides is 1. The summed E-state index contributed by atoms with van der Waals surface area (Å²) >= 11 is 7.51. The van der Waals surface area contributed by atoms with Crippen LogP contribution in [-0.2, 0) is 4.79 Å². The summed E-state index contributed by atoms with van der Waals surface area (Å²) in [6.07, 6.45) is 3.30. The molecule has 2 heterocycles. The summed E-state index contributed by atoms with van der Waals surface area (Å²) in [4.78, 5) is 16.8. The van der Waals surface area contributed by atoms with Gasteiger partial charge in [-0.15, -0.1) is 10.2 Å². The van der Waals surface area contributed by atoms with Crippen molar-refractivity contribution in [1.29, 1.82) is 0 Å². The van der Waals surface area contributed by atoms with Gasteiger partial charge in [-0.3, -0.25) is 14.3 Å². The number of hydrogen-bond acceptors (Lipinski definition) is 5. The second-order valence-electron chi connectivity index (χ2n) is 7.13. The maximum atomic E-state index is 14.0. The van der Waals surface area contributed by atoms with Crippen molar-refractivity contribution in [2.75, 3.05) is 5.32 Å². The largest absolute Gasteiger partial charge is 0.323 e. The van der Waals surface area contributed by atoms with Crippen molar-refractivity contribution in [1.82, 2.24) is 19.7 Å². The van der Waals surface area contributed by atoms with Gasteiger partial charge in [0.25, 0.3) is 0 Å². The molecular weight excluding hydrogens is 468 g/mol. The molecule has 0 radical (unpaired) electrons. The van der Waals surface area contributed by atoms with Crippen molar-refractivity contribution in [3.8, 4) is 17.1 Å². The topological polar surface area (TPSA) is 72.7 Å². The van der Waals surface area contributed by atoms with E-state index in [1.807, 2.05) is 35.8 Å². The first-order valence-corrected chi connectivity index (χ1v) is 11.1. The molecule has 0 saturated carbocycles. The first-order chi connectivity index (χ1) is 15.8. The molecule has 4 aromatic rings. The van der Waals surface area contributed by atoms with E-state index in [9.17, 15) is 13.6 Å². The van der Waals surface area contributed by atoms with Crippen LogP contribution in [0.1, 0.15) is 12.5 Å². The van der Waals surface area contributed by atoms with E-state index >= 15 is 0 Å². The first-order valence-electron chi connectivity index (χ1n) is 9.89. The van der Waals surface area contributed by atoms with Crippen molar-refractivity contribution in [3.05, 3.63) is 83.1 Å². The van der Waals surface area contributed by atoms with Crippen molar-refractivity contribution in [2.45, 2.75) is 24.3 Å². The van der Waals surface area contributed by atoms with Crippen molar-refractivity contribution in [3.63, 3.8) is 0 Å². The fourth-order valence-electron chi connectivity index (χ4n) is 3.13. The zero-order chi connectivity index (χ0) is 23.5. The molecule has 168 valence electrons. The van der Waals surface area contributed by atoms with E-state index in [-0.39, 0.29) is 5.69 Å². The molecule has 0 saturated heterocycles. The van der Waals surface area contributed by atoms with Gasteiger partial charge in [0.15, 0.2) is 11.0 Å². The number of aromatic nitrogens is 4. The lowest BCUT2D eigenvalue weighted by molar-refractivity contribution is -0.115. The standard InChI is InChI=1S/C23H18ClF2N5OS/c1-13-17(24)4-3-5-20(13)31-21(15-8-10-27-11-9-15)29-30-23(31)33-14(2)22(32)28-19-7-6-16(25)12-18(19)26/h3-12,14H,1-2H3,(H,28,32). The Balaban J connectivity index is 1.68. The summed E-state index contributed by atoms with van der Waals surface area (Å²) in [6, 6.07) is 12.1. The van der Waals surface area contributed by atoms with Gasteiger partial charge < -0.3 is 5.32 Å². The van der Waals surface area contributed by atoms with Crippen LogP contribution in [0.25, 0.3) is 17.1 Å². The normalized spacial score (nSPS) is 11.9. The van der Waals surface area contributed by atoms with E-state index in [4.69, 9.17) is 11.6 Å². The molecule has 6 nitrogen and oxygen atoms in total. The predicted molar refractivity (Wildman–Crippen MR) is 125 cm³/mol. The van der Waals surface area contributed by atoms with E-state index in [2.05, 4.69) is 20.5 Å². The van der Waals surface area contributed by atoms with Crippen molar-refractivity contribution in [2.24, 2.45) is 0 Å². The molecule has 2 aromatic heterocycles. The Bertz CT molecular complexity index is 1320. The molecule has 0 bridgehead atoms. The lowest BCUT2D eigenvalue weighted by Gasteiger charge is -2.16. The molecule has 1 unspecified atom stereocenters. The Morgan fingerprint density at radius 2 is 1.88 bits per heavy atom. The monoisotopic (exact) mass is 485 g/mol. The Labute approximate surface area is 198 Å². The Morgan fingerprint density at radius 3 is 2.61 bits per heavy atom. The second kappa shape index (κ2) is 9.68. The van der Waals surface area contributed by atoms with E-state index < -0.39 is 22.8 Å². The molecule has 1 N–H and O–H groups in total. The average Bonchev–Trinajstić information content (AvgIpc) is 3.21. The molecule has 1 atom stereocenters. The minimum absolute atomic E-state index is 0.0986. The smallest absolute Gasteiger partial charge is 0.237 e. The Morgan fingerprint density at radius 1 is 1.12 bits per heavy atom. The number of nitrogens with one attached hydrogen (secondary N) is 1. The van der Waals surface area contributed by atoms with Crippen LogP contribution in [0.4, 0.5) is 14.5 Å². The summed E-state index contributed by atoms with van der Waals surface area (Å²) in [7, 11) is 0. The number of anilines is 1. The van der Waals surface area contributed by atoms with Crippen molar-refractivity contribution < 1.29 is 13.6 Å². The van der Waals surface area contributed by atoms with Crippen LogP contribution >= 0.6 is 23.4 Å². The van der Waals surface area contributed by atoms with E-state index in [1.54, 1.807) is 25.4 Å². The lowest BCUT2D eigenvalue weighted by atomic mass is 10.2. The van der Waals surface area contributed by atoms with Gasteiger partial charge >= 0.3 is 0 Å². The molecule has 0 aliphatic carbocycles. The van der Waals surface area contributed by atoms with Gasteiger partial charge in [-0.05, 0) is 55.8 Å². The fraction of sp³-hybridized carbons (Fsp3) is 0.130. The van der Waals surface area contributed by atoms with Crippen LogP contribution < -0.4 is 5.32 Å². The number of hydrogen-bond donors (Lipinski definition) is 1. The molecule has 0 aliphatic heterocycles. The van der Waals surface area contributed by atoms with Crippen LogP contribution in [-0.4, -0.2) is 30.9 Å². The van der Waals surface area contributed by atoms with Gasteiger partial charge in [0, 0.05) is 29.0 Å². The quantitative estimate of drug-likeness (QED) is 0.355. The highest BCUT2D eigenvalue weighted by Crippen LogP contribution is 2.33. The lowest BCUT2D eigenvalue weighted by Crippen LogP contribution is -2.23. The molecule has 4 rings (SSSR count). The van der Waals surface area contributed by atoms with E-state index in [0.717, 1.165) is 34.6 Å². The summed E-state index contributed by atoms with van der Waals surface area (Å²) < 4.78 is 28.9. The van der Waals surface area contributed by atoms with Gasteiger partial charge in [-0.25, -0.2) is 8.78 Å². The van der Waals surface area contributed by atoms with Crippen LogP contribution in [0, 0.1) is 18.6 Å². The van der Waals surface area contributed by atoms with Gasteiger partial charge in [-0.2, -0.15) is 0 Å². The number of carbonyl (C=O) groups is 1. The van der Waals surface area contributed by atoms with Gasteiger partial charge in [-0.1, -0.05) is 29.4 Å². The number of carbonyl (C=O) groups excluding carboxylic acids is 1. The average molecular weight is 486 g/mol. The van der Waals surface area contributed by atoms with Crippen molar-refractivity contribution >= 4 is 35.0 Å². The first kappa shape index (κ1) is 22.9. The highest BCUT2D eigenvalue weighted by atomic mass is 35.5. The van der Waals surface area contributed by atoms with Crippen LogP contribution in [0.3, 0.4) is 0 Å². The van der Waals surface area contributed by atoms with Crippen LogP contribution in [0.5, 0.6) is 0 Å². The summed E-state index contributed by atoms with van der Waals surface area (Å²) in [5.74, 6) is -1.48. The van der Waals surface area contributed by atoms with Crippen LogP contribution in [0.15, 0.2) is 66.1 Å². The third-order valence-electron chi connectivity index (χ3n) is 4.89. The second-order valence-corrected chi connectivity index (χ2v) is 8.85. The van der Waals surface area contributed by atoms with Gasteiger partial charge in [0.05, 0.1) is 16.6 Å². The number of benzene rings is 2. The van der Waals surface area contributed by atoms with Gasteiger partial charge in [0.2, 0.25) is 5.91 Å². The molecule has 0 spiro atoms. The SMILES string of the molecule is Cc1c(Cl)cccc1-n1c(SC(C)C(=O)Nc2ccc(F)cc2F)nnc1-c1ccncc1. The third kappa shape index (κ3) is 4.89. The zero-order valence-corrected chi connectivity index (χ0v) is 19.2. The molecule has 33 heavy (non-hydrogen) atoms. The number of halogens is 3. The molecule has 10 heteroatoms. The maximum absolute atomic E-state index is 14.0. The minimum atomic E-state index is -0.849. The number of pyridine rings is 1.